The number of alkyl halides is 3. The van der Waals surface area contributed by atoms with E-state index in [1.807, 2.05) is 0 Å². The molecular formula is C22H16F4N2O3S. The van der Waals surface area contributed by atoms with Crippen LogP contribution in [-0.4, -0.2) is 20.9 Å². The summed E-state index contributed by atoms with van der Waals surface area (Å²) in [5.74, 6) is -1.11. The molecule has 0 aliphatic carbocycles. The lowest BCUT2D eigenvalue weighted by Gasteiger charge is -2.21. The maximum absolute atomic E-state index is 13.4. The lowest BCUT2D eigenvalue weighted by molar-refractivity contribution is -0.137. The number of carbonyl (C=O) groups excluding carboxylic acids is 1. The van der Waals surface area contributed by atoms with Crippen LogP contribution < -0.4 is 9.62 Å². The summed E-state index contributed by atoms with van der Waals surface area (Å²) in [5.41, 5.74) is 0.140. The third-order valence-electron chi connectivity index (χ3n) is 5.03. The lowest BCUT2D eigenvalue weighted by Crippen LogP contribution is -2.29. The first-order chi connectivity index (χ1) is 15.1. The molecule has 32 heavy (non-hydrogen) atoms. The Balaban J connectivity index is 1.66. The Labute approximate surface area is 181 Å². The molecule has 1 N–H and O–H groups in total. The molecule has 0 bridgehead atoms. The molecule has 1 heterocycles. The Morgan fingerprint density at radius 3 is 2.44 bits per heavy atom. The van der Waals surface area contributed by atoms with Gasteiger partial charge in [0.05, 0.1) is 16.1 Å². The van der Waals surface area contributed by atoms with Crippen molar-refractivity contribution in [3.8, 4) is 0 Å². The molecular weight excluding hydrogens is 448 g/mol. The standard InChI is InChI=1S/C22H16F4N2O3S/c23-17-4-2-5-18(13-17)27-21(29)15-8-7-14-9-10-28(20(14)11-15)32(30,31)19-6-1-3-16(12-19)22(24,25)26/h1-8,11-13H,9-10H2,(H,27,29). The van der Waals surface area contributed by atoms with Crippen LogP contribution in [0.1, 0.15) is 21.5 Å². The molecule has 0 aromatic heterocycles. The molecule has 10 heteroatoms. The fourth-order valence-corrected chi connectivity index (χ4v) is 5.01. The number of carbonyl (C=O) groups is 1. The molecule has 0 unspecified atom stereocenters. The minimum Gasteiger partial charge on any atom is -0.322 e. The van der Waals surface area contributed by atoms with E-state index in [4.69, 9.17) is 0 Å². The van der Waals surface area contributed by atoms with Crippen molar-refractivity contribution in [1.82, 2.24) is 0 Å². The highest BCUT2D eigenvalue weighted by Gasteiger charge is 2.35. The maximum Gasteiger partial charge on any atom is 0.416 e. The fraction of sp³-hybridized carbons (Fsp3) is 0.136. The summed E-state index contributed by atoms with van der Waals surface area (Å²) in [6.07, 6.45) is -4.34. The molecule has 3 aromatic carbocycles. The first kappa shape index (κ1) is 21.8. The number of sulfonamides is 1. The molecule has 5 nitrogen and oxygen atoms in total. The lowest BCUT2D eigenvalue weighted by atomic mass is 10.1. The summed E-state index contributed by atoms with van der Waals surface area (Å²) in [6, 6.07) is 13.3. The van der Waals surface area contributed by atoms with Crippen LogP contribution in [0.3, 0.4) is 0 Å². The summed E-state index contributed by atoms with van der Waals surface area (Å²) >= 11 is 0. The van der Waals surface area contributed by atoms with E-state index in [0.717, 1.165) is 28.6 Å². The van der Waals surface area contributed by atoms with Gasteiger partial charge in [-0.05, 0) is 60.5 Å². The van der Waals surface area contributed by atoms with E-state index in [-0.39, 0.29) is 23.5 Å². The van der Waals surface area contributed by atoms with Crippen LogP contribution >= 0.6 is 0 Å². The normalized spacial score (nSPS) is 13.7. The van der Waals surface area contributed by atoms with Gasteiger partial charge < -0.3 is 5.32 Å². The molecule has 0 spiro atoms. The first-order valence-corrected chi connectivity index (χ1v) is 10.9. The molecule has 0 saturated carbocycles. The largest absolute Gasteiger partial charge is 0.416 e. The van der Waals surface area contributed by atoms with Crippen LogP contribution in [0.25, 0.3) is 0 Å². The monoisotopic (exact) mass is 464 g/mol. The second kappa shape index (κ2) is 7.94. The molecule has 1 amide bonds. The molecule has 0 fully saturated rings. The number of hydrogen-bond acceptors (Lipinski definition) is 3. The maximum atomic E-state index is 13.4. The summed E-state index contributed by atoms with van der Waals surface area (Å²) in [7, 11) is -4.29. The quantitative estimate of drug-likeness (QED) is 0.562. The zero-order valence-electron chi connectivity index (χ0n) is 16.4. The molecule has 1 aliphatic heterocycles. The van der Waals surface area contributed by atoms with Crippen LogP contribution in [0.15, 0.2) is 71.6 Å². The topological polar surface area (TPSA) is 66.5 Å². The highest BCUT2D eigenvalue weighted by Crippen LogP contribution is 2.36. The van der Waals surface area contributed by atoms with Gasteiger partial charge in [0.1, 0.15) is 5.82 Å². The predicted molar refractivity (Wildman–Crippen MR) is 110 cm³/mol. The first-order valence-electron chi connectivity index (χ1n) is 9.45. The van der Waals surface area contributed by atoms with Crippen molar-refractivity contribution in [2.24, 2.45) is 0 Å². The number of anilines is 2. The predicted octanol–water partition coefficient (Wildman–Crippen LogP) is 4.85. The third kappa shape index (κ3) is 4.18. The zero-order chi connectivity index (χ0) is 23.1. The van der Waals surface area contributed by atoms with Gasteiger partial charge in [-0.3, -0.25) is 9.10 Å². The van der Waals surface area contributed by atoms with E-state index in [1.54, 1.807) is 6.07 Å². The van der Waals surface area contributed by atoms with Crippen molar-refractivity contribution in [1.29, 1.82) is 0 Å². The SMILES string of the molecule is O=C(Nc1cccc(F)c1)c1ccc2c(c1)N(S(=O)(=O)c1cccc(C(F)(F)F)c1)CC2. The third-order valence-corrected chi connectivity index (χ3v) is 6.84. The van der Waals surface area contributed by atoms with Crippen molar-refractivity contribution in [2.75, 3.05) is 16.2 Å². The van der Waals surface area contributed by atoms with E-state index < -0.39 is 38.4 Å². The summed E-state index contributed by atoms with van der Waals surface area (Å²) in [6.45, 7) is 0.0306. The van der Waals surface area contributed by atoms with Crippen molar-refractivity contribution in [2.45, 2.75) is 17.5 Å². The van der Waals surface area contributed by atoms with E-state index in [0.29, 0.717) is 18.1 Å². The second-order valence-electron chi connectivity index (χ2n) is 7.16. The Morgan fingerprint density at radius 1 is 0.969 bits per heavy atom. The van der Waals surface area contributed by atoms with E-state index in [9.17, 15) is 30.8 Å². The average Bonchev–Trinajstić information content (AvgIpc) is 3.17. The molecule has 3 aromatic rings. The number of amides is 1. The van der Waals surface area contributed by atoms with Gasteiger partial charge >= 0.3 is 6.18 Å². The number of nitrogens with one attached hydrogen (secondary N) is 1. The Morgan fingerprint density at radius 2 is 1.72 bits per heavy atom. The Kier molecular flexibility index (Phi) is 5.41. The van der Waals surface area contributed by atoms with Crippen LogP contribution in [-0.2, 0) is 22.6 Å². The number of rotatable bonds is 4. The summed E-state index contributed by atoms with van der Waals surface area (Å²) in [5, 5.41) is 2.53. The van der Waals surface area contributed by atoms with Gasteiger partial charge in [-0.2, -0.15) is 13.2 Å². The van der Waals surface area contributed by atoms with Crippen molar-refractivity contribution >= 4 is 27.3 Å². The van der Waals surface area contributed by atoms with E-state index in [1.165, 1.54) is 30.3 Å². The van der Waals surface area contributed by atoms with Crippen LogP contribution in [0, 0.1) is 5.82 Å². The number of halogens is 4. The Bertz CT molecular complexity index is 1310. The van der Waals surface area contributed by atoms with Gasteiger partial charge in [0.2, 0.25) is 0 Å². The molecule has 0 atom stereocenters. The highest BCUT2D eigenvalue weighted by molar-refractivity contribution is 7.92. The van der Waals surface area contributed by atoms with E-state index in [2.05, 4.69) is 5.32 Å². The van der Waals surface area contributed by atoms with E-state index >= 15 is 0 Å². The van der Waals surface area contributed by atoms with Gasteiger partial charge in [0.15, 0.2) is 0 Å². The van der Waals surface area contributed by atoms with Crippen LogP contribution in [0.2, 0.25) is 0 Å². The fourth-order valence-electron chi connectivity index (χ4n) is 3.47. The zero-order valence-corrected chi connectivity index (χ0v) is 17.2. The molecule has 166 valence electrons. The van der Waals surface area contributed by atoms with Gasteiger partial charge in [0.25, 0.3) is 15.9 Å². The molecule has 0 saturated heterocycles. The minimum atomic E-state index is -4.68. The van der Waals surface area contributed by atoms with Gasteiger partial charge in [-0.1, -0.05) is 18.2 Å². The van der Waals surface area contributed by atoms with Crippen molar-refractivity contribution < 1.29 is 30.8 Å². The summed E-state index contributed by atoms with van der Waals surface area (Å²) < 4.78 is 79.7. The smallest absolute Gasteiger partial charge is 0.322 e. The Hall–Kier alpha value is -3.40. The molecule has 4 rings (SSSR count). The van der Waals surface area contributed by atoms with Crippen LogP contribution in [0.4, 0.5) is 28.9 Å². The minimum absolute atomic E-state index is 0.0306. The highest BCUT2D eigenvalue weighted by atomic mass is 32.2. The van der Waals surface area contributed by atoms with Crippen molar-refractivity contribution in [3.63, 3.8) is 0 Å². The molecule has 1 aliphatic rings. The van der Waals surface area contributed by atoms with Crippen LogP contribution in [0.5, 0.6) is 0 Å². The second-order valence-corrected chi connectivity index (χ2v) is 9.02. The van der Waals surface area contributed by atoms with Crippen molar-refractivity contribution in [3.05, 3.63) is 89.2 Å². The van der Waals surface area contributed by atoms with Gasteiger partial charge in [0, 0.05) is 17.8 Å². The summed E-state index contributed by atoms with van der Waals surface area (Å²) in [4.78, 5) is 12.1. The number of hydrogen-bond donors (Lipinski definition) is 1. The number of nitrogens with zero attached hydrogens (tertiary/aromatic N) is 1. The van der Waals surface area contributed by atoms with Gasteiger partial charge in [-0.25, -0.2) is 12.8 Å². The number of benzene rings is 3. The number of fused-ring (bicyclic) bond motifs is 1. The molecule has 0 radical (unpaired) electrons. The van der Waals surface area contributed by atoms with Gasteiger partial charge in [-0.15, -0.1) is 0 Å². The average molecular weight is 464 g/mol.